The van der Waals surface area contributed by atoms with Gasteiger partial charge in [-0.1, -0.05) is 12.8 Å². The van der Waals surface area contributed by atoms with Crippen LogP contribution < -0.4 is 0 Å². The molecular weight excluding hydrogens is 122 g/mol. The molecule has 0 fully saturated rings. The molecule has 0 saturated carbocycles. The molecule has 0 aliphatic carbocycles. The molecule has 0 spiro atoms. The topological polar surface area (TPSA) is 23.8 Å². The van der Waals surface area contributed by atoms with Crippen molar-refractivity contribution in [2.45, 2.75) is 38.5 Å². The number of hydrogen-bond donors (Lipinski definition) is 0. The minimum Gasteiger partial charge on any atom is -0.198 e. The fourth-order valence-corrected chi connectivity index (χ4v) is 0.785. The maximum Gasteiger partial charge on any atom is 0.0621 e. The fourth-order valence-electron chi connectivity index (χ4n) is 0.785. The van der Waals surface area contributed by atoms with Crippen LogP contribution in [0.25, 0.3) is 0 Å². The van der Waals surface area contributed by atoms with E-state index in [9.17, 15) is 0 Å². The quantitative estimate of drug-likeness (QED) is 0.419. The summed E-state index contributed by atoms with van der Waals surface area (Å²) in [4.78, 5) is 0. The first-order chi connectivity index (χ1) is 4.91. The molecule has 0 radical (unpaired) electrons. The lowest BCUT2D eigenvalue weighted by atomic mass is 10.1. The molecular formula is C9H13N. The normalized spacial score (nSPS) is 8.20. The van der Waals surface area contributed by atoms with Crippen LogP contribution >= 0.6 is 0 Å². The smallest absolute Gasteiger partial charge is 0.0621 e. The van der Waals surface area contributed by atoms with Crippen LogP contribution in [-0.4, -0.2) is 0 Å². The molecule has 10 heavy (non-hydrogen) atoms. The van der Waals surface area contributed by atoms with E-state index in [4.69, 9.17) is 11.7 Å². The Kier molecular flexibility index (Phi) is 7.29. The maximum absolute atomic E-state index is 8.19. The largest absolute Gasteiger partial charge is 0.198 e. The minimum absolute atomic E-state index is 0.691. The second kappa shape index (κ2) is 8.05. The zero-order chi connectivity index (χ0) is 7.66. The average molecular weight is 135 g/mol. The van der Waals surface area contributed by atoms with Crippen LogP contribution in [0, 0.1) is 23.7 Å². The van der Waals surface area contributed by atoms with E-state index in [-0.39, 0.29) is 0 Å². The highest BCUT2D eigenvalue weighted by atomic mass is 14.2. The Morgan fingerprint density at radius 2 is 1.60 bits per heavy atom. The van der Waals surface area contributed by atoms with Crippen molar-refractivity contribution in [3.05, 3.63) is 0 Å². The van der Waals surface area contributed by atoms with Gasteiger partial charge in [-0.05, 0) is 12.8 Å². The van der Waals surface area contributed by atoms with Gasteiger partial charge >= 0.3 is 0 Å². The van der Waals surface area contributed by atoms with Gasteiger partial charge in [0, 0.05) is 12.8 Å². The van der Waals surface area contributed by atoms with E-state index in [2.05, 4.69) is 12.0 Å². The molecule has 0 saturated heterocycles. The summed E-state index contributed by atoms with van der Waals surface area (Å²) in [6.45, 7) is 0. The summed E-state index contributed by atoms with van der Waals surface area (Å²) in [5, 5.41) is 8.19. The van der Waals surface area contributed by atoms with E-state index in [1.807, 2.05) is 0 Å². The number of rotatable bonds is 5. The number of terminal acetylenes is 1. The van der Waals surface area contributed by atoms with Crippen LogP contribution in [-0.2, 0) is 0 Å². The second-order valence-corrected chi connectivity index (χ2v) is 2.28. The fraction of sp³-hybridized carbons (Fsp3) is 0.667. The highest BCUT2D eigenvalue weighted by Crippen LogP contribution is 2.03. The summed E-state index contributed by atoms with van der Waals surface area (Å²) in [6.07, 6.45) is 11.1. The van der Waals surface area contributed by atoms with Crippen molar-refractivity contribution < 1.29 is 0 Å². The van der Waals surface area contributed by atoms with E-state index in [1.165, 1.54) is 6.42 Å². The van der Waals surface area contributed by atoms with Crippen molar-refractivity contribution in [3.63, 3.8) is 0 Å². The Bertz CT molecular complexity index is 118. The zero-order valence-corrected chi connectivity index (χ0v) is 6.27. The van der Waals surface area contributed by atoms with E-state index in [1.54, 1.807) is 0 Å². The number of hydrogen-bond acceptors (Lipinski definition) is 1. The molecule has 0 N–H and O–H groups in total. The van der Waals surface area contributed by atoms with E-state index < -0.39 is 0 Å². The van der Waals surface area contributed by atoms with E-state index in [0.717, 1.165) is 25.7 Å². The van der Waals surface area contributed by atoms with Crippen LogP contribution in [0.5, 0.6) is 0 Å². The predicted octanol–water partition coefficient (Wildman–Crippen LogP) is 2.48. The van der Waals surface area contributed by atoms with Crippen molar-refractivity contribution >= 4 is 0 Å². The monoisotopic (exact) mass is 135 g/mol. The Morgan fingerprint density at radius 1 is 1.00 bits per heavy atom. The summed E-state index contributed by atoms with van der Waals surface area (Å²) >= 11 is 0. The third-order valence-corrected chi connectivity index (χ3v) is 1.36. The third kappa shape index (κ3) is 7.05. The van der Waals surface area contributed by atoms with Crippen molar-refractivity contribution in [2.75, 3.05) is 0 Å². The first kappa shape index (κ1) is 9.05. The Morgan fingerprint density at radius 3 is 2.10 bits per heavy atom. The SMILES string of the molecule is C#CCCCCCCC#N. The van der Waals surface area contributed by atoms with Gasteiger partial charge in [-0.2, -0.15) is 5.26 Å². The van der Waals surface area contributed by atoms with Gasteiger partial charge in [0.15, 0.2) is 0 Å². The lowest BCUT2D eigenvalue weighted by Gasteiger charge is -1.92. The molecule has 0 aromatic rings. The molecule has 0 rings (SSSR count). The molecule has 54 valence electrons. The van der Waals surface area contributed by atoms with Crippen molar-refractivity contribution in [3.8, 4) is 18.4 Å². The number of nitriles is 1. The molecule has 0 unspecified atom stereocenters. The summed E-state index contributed by atoms with van der Waals surface area (Å²) in [7, 11) is 0. The Balaban J connectivity index is 2.80. The van der Waals surface area contributed by atoms with Gasteiger partial charge in [-0.25, -0.2) is 0 Å². The molecule has 0 amide bonds. The highest BCUT2D eigenvalue weighted by Gasteiger charge is 1.86. The molecule has 0 aromatic heterocycles. The molecule has 0 aliphatic heterocycles. The number of unbranched alkanes of at least 4 members (excludes halogenated alkanes) is 5. The van der Waals surface area contributed by atoms with Crippen LogP contribution in [0.15, 0.2) is 0 Å². The summed E-state index contributed by atoms with van der Waals surface area (Å²) in [6, 6.07) is 2.12. The van der Waals surface area contributed by atoms with Crippen molar-refractivity contribution in [2.24, 2.45) is 0 Å². The highest BCUT2D eigenvalue weighted by molar-refractivity contribution is 4.82. The molecule has 0 bridgehead atoms. The lowest BCUT2D eigenvalue weighted by Crippen LogP contribution is -1.76. The van der Waals surface area contributed by atoms with Crippen molar-refractivity contribution in [1.29, 1.82) is 5.26 Å². The summed E-state index contributed by atoms with van der Waals surface area (Å²) < 4.78 is 0. The van der Waals surface area contributed by atoms with Gasteiger partial charge in [0.05, 0.1) is 6.07 Å². The van der Waals surface area contributed by atoms with Crippen LogP contribution in [0.3, 0.4) is 0 Å². The molecule has 1 heteroatoms. The first-order valence-corrected chi connectivity index (χ1v) is 3.72. The van der Waals surface area contributed by atoms with Crippen molar-refractivity contribution in [1.82, 2.24) is 0 Å². The summed E-state index contributed by atoms with van der Waals surface area (Å²) in [5.41, 5.74) is 0. The molecule has 0 aromatic carbocycles. The molecule has 0 heterocycles. The first-order valence-electron chi connectivity index (χ1n) is 3.72. The standard InChI is InChI=1S/C9H13N/c1-2-3-4-5-6-7-8-9-10/h1H,3-8H2. The summed E-state index contributed by atoms with van der Waals surface area (Å²) in [5.74, 6) is 2.59. The Hall–Kier alpha value is -0.950. The van der Waals surface area contributed by atoms with E-state index in [0.29, 0.717) is 6.42 Å². The van der Waals surface area contributed by atoms with Gasteiger partial charge in [0.25, 0.3) is 0 Å². The maximum atomic E-state index is 8.19. The van der Waals surface area contributed by atoms with Crippen LogP contribution in [0.2, 0.25) is 0 Å². The second-order valence-electron chi connectivity index (χ2n) is 2.28. The van der Waals surface area contributed by atoms with Gasteiger partial charge in [0.2, 0.25) is 0 Å². The molecule has 0 atom stereocenters. The minimum atomic E-state index is 0.691. The van der Waals surface area contributed by atoms with Crippen LogP contribution in [0.4, 0.5) is 0 Å². The lowest BCUT2D eigenvalue weighted by molar-refractivity contribution is 0.659. The predicted molar refractivity (Wildman–Crippen MR) is 42.1 cm³/mol. The van der Waals surface area contributed by atoms with Crippen LogP contribution in [0.1, 0.15) is 38.5 Å². The number of nitrogens with zero attached hydrogens (tertiary/aromatic N) is 1. The van der Waals surface area contributed by atoms with E-state index >= 15 is 0 Å². The molecule has 0 aliphatic rings. The average Bonchev–Trinajstić information content (AvgIpc) is 1.97. The van der Waals surface area contributed by atoms with Gasteiger partial charge in [-0.15, -0.1) is 12.3 Å². The molecule has 1 nitrogen and oxygen atoms in total. The third-order valence-electron chi connectivity index (χ3n) is 1.36. The van der Waals surface area contributed by atoms with Gasteiger partial charge in [0.1, 0.15) is 0 Å². The van der Waals surface area contributed by atoms with Gasteiger partial charge < -0.3 is 0 Å². The van der Waals surface area contributed by atoms with Gasteiger partial charge in [-0.3, -0.25) is 0 Å². The Labute approximate surface area is 63.1 Å². The zero-order valence-electron chi connectivity index (χ0n) is 6.27.